The van der Waals surface area contributed by atoms with Crippen LogP contribution in [0.2, 0.25) is 0 Å². The van der Waals surface area contributed by atoms with Gasteiger partial charge in [0.15, 0.2) is 0 Å². The summed E-state index contributed by atoms with van der Waals surface area (Å²) in [5.41, 5.74) is 6.04. The van der Waals surface area contributed by atoms with E-state index in [1.807, 2.05) is 4.90 Å². The van der Waals surface area contributed by atoms with Crippen LogP contribution in [0.25, 0.3) is 0 Å². The Morgan fingerprint density at radius 2 is 1.92 bits per heavy atom. The number of likely N-dealkylation sites (tertiary alicyclic amines) is 2. The molecule has 4 rings (SSSR count). The summed E-state index contributed by atoms with van der Waals surface area (Å²) in [5, 5.41) is 11.4. The monoisotopic (exact) mass is 377 g/mol. The summed E-state index contributed by atoms with van der Waals surface area (Å²) in [4.78, 5) is 40.7. The van der Waals surface area contributed by atoms with Gasteiger partial charge in [-0.15, -0.1) is 11.3 Å². The molecule has 1 atom stereocenters. The van der Waals surface area contributed by atoms with E-state index in [0.29, 0.717) is 36.6 Å². The summed E-state index contributed by atoms with van der Waals surface area (Å²) >= 11 is 1.25. The number of piperidine rings is 1. The van der Waals surface area contributed by atoms with Crippen LogP contribution in [-0.4, -0.2) is 58.4 Å². The first kappa shape index (κ1) is 17.3. The third kappa shape index (κ3) is 2.96. The highest BCUT2D eigenvalue weighted by atomic mass is 32.1. The predicted octanol–water partition coefficient (Wildman–Crippen LogP) is 1.65. The van der Waals surface area contributed by atoms with E-state index in [0.717, 1.165) is 25.7 Å². The lowest BCUT2D eigenvalue weighted by molar-refractivity contribution is -0.141. The Balaban J connectivity index is 1.49. The zero-order valence-corrected chi connectivity index (χ0v) is 15.3. The molecule has 1 aromatic rings. The maximum Gasteiger partial charge on any atom is 0.326 e. The van der Waals surface area contributed by atoms with Gasteiger partial charge < -0.3 is 20.6 Å². The van der Waals surface area contributed by atoms with Crippen LogP contribution in [0.1, 0.15) is 41.8 Å². The van der Waals surface area contributed by atoms with Crippen molar-refractivity contribution in [3.63, 3.8) is 0 Å². The number of carbonyl (C=O) groups is 3. The van der Waals surface area contributed by atoms with Crippen molar-refractivity contribution in [1.29, 1.82) is 0 Å². The van der Waals surface area contributed by atoms with Crippen LogP contribution in [0.4, 0.5) is 5.69 Å². The Morgan fingerprint density at radius 3 is 2.46 bits per heavy atom. The van der Waals surface area contributed by atoms with E-state index in [-0.39, 0.29) is 23.1 Å². The molecule has 8 heteroatoms. The molecule has 1 unspecified atom stereocenters. The van der Waals surface area contributed by atoms with E-state index in [9.17, 15) is 19.5 Å². The van der Waals surface area contributed by atoms with Crippen molar-refractivity contribution in [3.05, 3.63) is 16.3 Å². The number of carboxylic acid groups (broad SMARTS) is 1. The quantitative estimate of drug-likeness (QED) is 0.833. The minimum atomic E-state index is -0.971. The second-order valence-electron chi connectivity index (χ2n) is 7.80. The number of nitrogen functional groups attached to an aromatic ring is 1. The van der Waals surface area contributed by atoms with Crippen LogP contribution in [-0.2, 0) is 9.59 Å². The lowest BCUT2D eigenvalue weighted by Crippen LogP contribution is -2.45. The molecule has 2 amide bonds. The third-order valence-electron chi connectivity index (χ3n) is 6.01. The summed E-state index contributed by atoms with van der Waals surface area (Å²) in [6, 6.07) is 0.844. The molecule has 2 saturated heterocycles. The summed E-state index contributed by atoms with van der Waals surface area (Å²) in [6.45, 7) is 1.74. The molecular formula is C18H23N3O4S. The Labute approximate surface area is 155 Å². The van der Waals surface area contributed by atoms with Gasteiger partial charge in [0, 0.05) is 25.6 Å². The zero-order valence-electron chi connectivity index (χ0n) is 14.5. The summed E-state index contributed by atoms with van der Waals surface area (Å²) in [6.07, 6.45) is 3.93. The first-order chi connectivity index (χ1) is 12.4. The van der Waals surface area contributed by atoms with E-state index < -0.39 is 12.0 Å². The number of aliphatic carboxylic acids is 1. The van der Waals surface area contributed by atoms with Crippen molar-refractivity contribution in [2.24, 2.45) is 11.3 Å². The number of carbonyl (C=O) groups excluding carboxylic acids is 2. The highest BCUT2D eigenvalue weighted by Crippen LogP contribution is 2.45. The normalized spacial score (nSPS) is 24.8. The van der Waals surface area contributed by atoms with Crippen molar-refractivity contribution < 1.29 is 19.5 Å². The van der Waals surface area contributed by atoms with Gasteiger partial charge in [0.05, 0.1) is 5.69 Å². The van der Waals surface area contributed by atoms with Crippen molar-refractivity contribution in [2.45, 2.75) is 38.1 Å². The van der Waals surface area contributed by atoms with E-state index >= 15 is 0 Å². The van der Waals surface area contributed by atoms with E-state index in [1.54, 1.807) is 11.4 Å². The van der Waals surface area contributed by atoms with Crippen LogP contribution in [0.3, 0.4) is 0 Å². The molecule has 3 fully saturated rings. The number of carboxylic acids is 1. The summed E-state index contributed by atoms with van der Waals surface area (Å²) in [7, 11) is 0. The molecule has 3 N–H and O–H groups in total. The lowest BCUT2D eigenvalue weighted by Gasteiger charge is -2.39. The SMILES string of the molecule is Nc1ccsc1C(=O)N1CC2(CCN(C(=O)C3CC3)CC2)CC1C(=O)O. The number of nitrogens with two attached hydrogens (primary N) is 1. The molecule has 1 saturated carbocycles. The van der Waals surface area contributed by atoms with E-state index in [1.165, 1.54) is 16.2 Å². The number of amides is 2. The number of anilines is 1. The Hall–Kier alpha value is -2.09. The maximum atomic E-state index is 12.9. The van der Waals surface area contributed by atoms with Gasteiger partial charge in [0.1, 0.15) is 10.9 Å². The lowest BCUT2D eigenvalue weighted by atomic mass is 9.76. The largest absolute Gasteiger partial charge is 0.480 e. The minimum absolute atomic E-state index is 0.208. The van der Waals surface area contributed by atoms with Crippen LogP contribution in [0.15, 0.2) is 11.4 Å². The molecule has 1 aromatic heterocycles. The summed E-state index contributed by atoms with van der Waals surface area (Å²) < 4.78 is 0. The van der Waals surface area contributed by atoms with Crippen molar-refractivity contribution in [1.82, 2.24) is 9.80 Å². The predicted molar refractivity (Wildman–Crippen MR) is 96.8 cm³/mol. The zero-order chi connectivity index (χ0) is 18.5. The maximum absolute atomic E-state index is 12.9. The van der Waals surface area contributed by atoms with Gasteiger partial charge in [0.2, 0.25) is 5.91 Å². The number of hydrogen-bond donors (Lipinski definition) is 2. The number of hydrogen-bond acceptors (Lipinski definition) is 5. The summed E-state index contributed by atoms with van der Waals surface area (Å²) in [5.74, 6) is -0.814. The minimum Gasteiger partial charge on any atom is -0.480 e. The molecular weight excluding hydrogens is 354 g/mol. The van der Waals surface area contributed by atoms with Gasteiger partial charge in [0.25, 0.3) is 5.91 Å². The molecule has 3 aliphatic rings. The van der Waals surface area contributed by atoms with E-state index in [2.05, 4.69) is 0 Å². The van der Waals surface area contributed by atoms with Crippen molar-refractivity contribution in [2.75, 3.05) is 25.4 Å². The fraction of sp³-hybridized carbons (Fsp3) is 0.611. The highest BCUT2D eigenvalue weighted by molar-refractivity contribution is 7.12. The molecule has 3 heterocycles. The Kier molecular flexibility index (Phi) is 4.17. The van der Waals surface area contributed by atoms with Gasteiger partial charge in [-0.1, -0.05) is 0 Å². The van der Waals surface area contributed by atoms with Crippen LogP contribution >= 0.6 is 11.3 Å². The molecule has 26 heavy (non-hydrogen) atoms. The second-order valence-corrected chi connectivity index (χ2v) is 8.71. The molecule has 1 aliphatic carbocycles. The third-order valence-corrected chi connectivity index (χ3v) is 6.92. The smallest absolute Gasteiger partial charge is 0.326 e. The van der Waals surface area contributed by atoms with Gasteiger partial charge in [-0.05, 0) is 49.0 Å². The Bertz CT molecular complexity index is 749. The van der Waals surface area contributed by atoms with Gasteiger partial charge in [-0.3, -0.25) is 9.59 Å². The van der Waals surface area contributed by atoms with Crippen molar-refractivity contribution >= 4 is 34.8 Å². The first-order valence-corrected chi connectivity index (χ1v) is 9.94. The fourth-order valence-electron chi connectivity index (χ4n) is 4.27. The first-order valence-electron chi connectivity index (χ1n) is 9.06. The van der Waals surface area contributed by atoms with Crippen LogP contribution < -0.4 is 5.73 Å². The van der Waals surface area contributed by atoms with Crippen LogP contribution in [0, 0.1) is 11.3 Å². The average Bonchev–Trinajstić information content (AvgIpc) is 3.28. The number of rotatable bonds is 3. The molecule has 0 bridgehead atoms. The Morgan fingerprint density at radius 1 is 1.23 bits per heavy atom. The highest BCUT2D eigenvalue weighted by Gasteiger charge is 2.51. The average molecular weight is 377 g/mol. The van der Waals surface area contributed by atoms with Crippen LogP contribution in [0.5, 0.6) is 0 Å². The molecule has 0 aromatic carbocycles. The molecule has 2 aliphatic heterocycles. The topological polar surface area (TPSA) is 104 Å². The molecule has 1 spiro atoms. The van der Waals surface area contributed by atoms with Gasteiger partial charge in [-0.25, -0.2) is 4.79 Å². The number of thiophene rings is 1. The second kappa shape index (κ2) is 6.26. The fourth-order valence-corrected chi connectivity index (χ4v) is 5.04. The molecule has 140 valence electrons. The molecule has 0 radical (unpaired) electrons. The van der Waals surface area contributed by atoms with E-state index in [4.69, 9.17) is 5.73 Å². The van der Waals surface area contributed by atoms with Gasteiger partial charge >= 0.3 is 5.97 Å². The molecule has 7 nitrogen and oxygen atoms in total. The van der Waals surface area contributed by atoms with Crippen molar-refractivity contribution in [3.8, 4) is 0 Å². The van der Waals surface area contributed by atoms with Gasteiger partial charge in [-0.2, -0.15) is 0 Å². The standard InChI is InChI=1S/C18H23N3O4S/c19-12-3-8-26-14(12)16(23)21-10-18(9-13(21)17(24)25)4-6-20(7-5-18)15(22)11-1-2-11/h3,8,11,13H,1-2,4-7,9-10,19H2,(H,24,25). The number of nitrogens with zero attached hydrogens (tertiary/aromatic N) is 2.